The van der Waals surface area contributed by atoms with Gasteiger partial charge in [0.15, 0.2) is 11.5 Å². The van der Waals surface area contributed by atoms with Crippen molar-refractivity contribution in [2.24, 2.45) is 5.73 Å². The molecule has 2 atom stereocenters. The lowest BCUT2D eigenvalue weighted by atomic mass is 10.2. The number of aliphatic hydroxyl groups excluding tert-OH is 1. The Hall–Kier alpha value is -1.83. The number of methoxy groups -OCH3 is 2. The summed E-state index contributed by atoms with van der Waals surface area (Å²) in [4.78, 5) is 4.16. The van der Waals surface area contributed by atoms with Crippen molar-refractivity contribution in [2.45, 2.75) is 19.1 Å². The van der Waals surface area contributed by atoms with Crippen molar-refractivity contribution in [1.82, 2.24) is 10.1 Å². The van der Waals surface area contributed by atoms with Crippen LogP contribution < -0.4 is 15.2 Å². The Bertz CT molecular complexity index is 630. The van der Waals surface area contributed by atoms with Crippen molar-refractivity contribution in [1.29, 1.82) is 0 Å². The number of hydrogen-bond donors (Lipinski definition) is 2. The molecular formula is C13H16ClN3O4. The van der Waals surface area contributed by atoms with Gasteiger partial charge in [0.25, 0.3) is 0 Å². The van der Waals surface area contributed by atoms with Crippen LogP contribution in [0.25, 0.3) is 11.4 Å². The quantitative estimate of drug-likeness (QED) is 0.867. The van der Waals surface area contributed by atoms with E-state index in [0.717, 1.165) is 0 Å². The van der Waals surface area contributed by atoms with Gasteiger partial charge in [0.2, 0.25) is 11.7 Å². The Labute approximate surface area is 126 Å². The second kappa shape index (κ2) is 6.30. The van der Waals surface area contributed by atoms with Crippen molar-refractivity contribution in [2.75, 3.05) is 14.2 Å². The first-order chi connectivity index (χ1) is 9.97. The largest absolute Gasteiger partial charge is 0.493 e. The Morgan fingerprint density at radius 2 is 2.05 bits per heavy atom. The number of aliphatic hydroxyl groups is 1. The highest BCUT2D eigenvalue weighted by atomic mass is 35.5. The molecule has 1 aromatic carbocycles. The van der Waals surface area contributed by atoms with Crippen molar-refractivity contribution in [3.05, 3.63) is 23.0 Å². The Kier molecular flexibility index (Phi) is 4.66. The first-order valence-electron chi connectivity index (χ1n) is 6.17. The number of aromatic nitrogens is 2. The van der Waals surface area contributed by atoms with Gasteiger partial charge in [-0.2, -0.15) is 4.98 Å². The first kappa shape index (κ1) is 15.6. The summed E-state index contributed by atoms with van der Waals surface area (Å²) in [5.41, 5.74) is 6.33. The average molecular weight is 314 g/mol. The molecule has 0 unspecified atom stereocenters. The smallest absolute Gasteiger partial charge is 0.246 e. The third-order valence-corrected chi connectivity index (χ3v) is 3.22. The van der Waals surface area contributed by atoms with Gasteiger partial charge in [-0.15, -0.1) is 0 Å². The lowest BCUT2D eigenvalue weighted by Crippen LogP contribution is -2.23. The van der Waals surface area contributed by atoms with Crippen LogP contribution >= 0.6 is 11.6 Å². The first-order valence-corrected chi connectivity index (χ1v) is 6.54. The van der Waals surface area contributed by atoms with E-state index >= 15 is 0 Å². The molecule has 0 amide bonds. The predicted octanol–water partition coefficient (Wildman–Crippen LogP) is 1.79. The third-order valence-electron chi connectivity index (χ3n) is 2.94. The highest BCUT2D eigenvalue weighted by molar-refractivity contribution is 6.32. The van der Waals surface area contributed by atoms with Crippen molar-refractivity contribution >= 4 is 11.6 Å². The SMILES string of the molecule is COc1cc(-c2noc([C@@H](N)[C@@H](C)O)n2)cc(Cl)c1OC. The summed E-state index contributed by atoms with van der Waals surface area (Å²) in [6, 6.07) is 2.56. The molecular weight excluding hydrogens is 298 g/mol. The summed E-state index contributed by atoms with van der Waals surface area (Å²) < 4.78 is 15.4. The van der Waals surface area contributed by atoms with Crippen LogP contribution in [0.3, 0.4) is 0 Å². The van der Waals surface area contributed by atoms with E-state index in [2.05, 4.69) is 10.1 Å². The van der Waals surface area contributed by atoms with Crippen LogP contribution in [0.4, 0.5) is 0 Å². The Morgan fingerprint density at radius 1 is 1.33 bits per heavy atom. The van der Waals surface area contributed by atoms with Crippen molar-refractivity contribution in [3.63, 3.8) is 0 Å². The fourth-order valence-electron chi connectivity index (χ4n) is 1.74. The summed E-state index contributed by atoms with van der Waals surface area (Å²) in [5, 5.41) is 13.6. The number of halogens is 1. The van der Waals surface area contributed by atoms with E-state index < -0.39 is 12.1 Å². The molecule has 7 nitrogen and oxygen atoms in total. The van der Waals surface area contributed by atoms with Crippen LogP contribution in [-0.4, -0.2) is 35.6 Å². The zero-order valence-corrected chi connectivity index (χ0v) is 12.6. The normalized spacial score (nSPS) is 13.8. The summed E-state index contributed by atoms with van der Waals surface area (Å²) in [6.07, 6.45) is -0.799. The second-order valence-electron chi connectivity index (χ2n) is 4.42. The van der Waals surface area contributed by atoms with Crippen LogP contribution in [-0.2, 0) is 0 Å². The van der Waals surface area contributed by atoms with Gasteiger partial charge >= 0.3 is 0 Å². The molecule has 1 aromatic heterocycles. The molecule has 0 fully saturated rings. The zero-order valence-electron chi connectivity index (χ0n) is 11.8. The van der Waals surface area contributed by atoms with E-state index in [1.54, 1.807) is 19.1 Å². The number of benzene rings is 1. The fourth-order valence-corrected chi connectivity index (χ4v) is 2.03. The molecule has 2 aromatic rings. The molecule has 0 aliphatic rings. The molecule has 3 N–H and O–H groups in total. The summed E-state index contributed by atoms with van der Waals surface area (Å²) in [7, 11) is 3.00. The minimum atomic E-state index is -0.799. The fraction of sp³-hybridized carbons (Fsp3) is 0.385. The standard InChI is InChI=1S/C13H16ClN3O4/c1-6(18)10(15)13-16-12(17-21-13)7-4-8(14)11(20-3)9(5-7)19-2/h4-6,10,18H,15H2,1-3H3/t6-,10+/m1/s1. The lowest BCUT2D eigenvalue weighted by Gasteiger charge is -2.10. The zero-order chi connectivity index (χ0) is 15.6. The number of hydrogen-bond acceptors (Lipinski definition) is 7. The lowest BCUT2D eigenvalue weighted by molar-refractivity contribution is 0.146. The summed E-state index contributed by atoms with van der Waals surface area (Å²) in [6.45, 7) is 1.54. The van der Waals surface area contributed by atoms with Gasteiger partial charge in [0.1, 0.15) is 6.04 Å². The van der Waals surface area contributed by atoms with Gasteiger partial charge in [-0.05, 0) is 19.1 Å². The van der Waals surface area contributed by atoms with Crippen LogP contribution in [0.15, 0.2) is 16.7 Å². The van der Waals surface area contributed by atoms with Gasteiger partial charge < -0.3 is 24.8 Å². The van der Waals surface area contributed by atoms with Crippen LogP contribution in [0, 0.1) is 0 Å². The molecule has 0 radical (unpaired) electrons. The van der Waals surface area contributed by atoms with Crippen molar-refractivity contribution in [3.8, 4) is 22.9 Å². The van der Waals surface area contributed by atoms with Crippen molar-refractivity contribution < 1.29 is 19.1 Å². The molecule has 114 valence electrons. The number of ether oxygens (including phenoxy) is 2. The van der Waals surface area contributed by atoms with E-state index in [9.17, 15) is 5.11 Å². The van der Waals surface area contributed by atoms with Gasteiger partial charge in [0, 0.05) is 5.56 Å². The maximum atomic E-state index is 9.44. The molecule has 8 heteroatoms. The minimum Gasteiger partial charge on any atom is -0.493 e. The van der Waals surface area contributed by atoms with Gasteiger partial charge in [-0.3, -0.25) is 0 Å². The van der Waals surface area contributed by atoms with E-state index in [1.807, 2.05) is 0 Å². The second-order valence-corrected chi connectivity index (χ2v) is 4.82. The molecule has 0 saturated carbocycles. The van der Waals surface area contributed by atoms with E-state index in [0.29, 0.717) is 27.9 Å². The molecule has 0 aliphatic heterocycles. The van der Waals surface area contributed by atoms with Gasteiger partial charge in [-0.1, -0.05) is 16.8 Å². The van der Waals surface area contributed by atoms with E-state index in [4.69, 9.17) is 31.3 Å². The van der Waals surface area contributed by atoms with Crippen LogP contribution in [0.1, 0.15) is 18.9 Å². The molecule has 0 bridgehead atoms. The summed E-state index contributed by atoms with van der Waals surface area (Å²) >= 11 is 6.13. The highest BCUT2D eigenvalue weighted by Gasteiger charge is 2.21. The minimum absolute atomic E-state index is 0.144. The number of nitrogens with two attached hydrogens (primary N) is 1. The van der Waals surface area contributed by atoms with Crippen LogP contribution in [0.5, 0.6) is 11.5 Å². The molecule has 0 saturated heterocycles. The van der Waals surface area contributed by atoms with E-state index in [1.165, 1.54) is 14.2 Å². The molecule has 1 heterocycles. The van der Waals surface area contributed by atoms with E-state index in [-0.39, 0.29) is 5.89 Å². The average Bonchev–Trinajstić information content (AvgIpc) is 2.95. The molecule has 0 aliphatic carbocycles. The maximum Gasteiger partial charge on any atom is 0.246 e. The topological polar surface area (TPSA) is 104 Å². The highest BCUT2D eigenvalue weighted by Crippen LogP contribution is 2.38. The van der Waals surface area contributed by atoms with Crippen LogP contribution in [0.2, 0.25) is 5.02 Å². The molecule has 2 rings (SSSR count). The monoisotopic (exact) mass is 313 g/mol. The third kappa shape index (κ3) is 3.10. The Morgan fingerprint density at radius 3 is 2.62 bits per heavy atom. The van der Waals surface area contributed by atoms with Gasteiger partial charge in [-0.25, -0.2) is 0 Å². The molecule has 21 heavy (non-hydrogen) atoms. The Balaban J connectivity index is 2.41. The molecule has 0 spiro atoms. The number of nitrogens with zero attached hydrogens (tertiary/aromatic N) is 2. The summed E-state index contributed by atoms with van der Waals surface area (Å²) in [5.74, 6) is 1.31. The maximum absolute atomic E-state index is 9.44. The number of rotatable bonds is 5. The predicted molar refractivity (Wildman–Crippen MR) is 76.5 cm³/mol. The van der Waals surface area contributed by atoms with Gasteiger partial charge in [0.05, 0.1) is 25.3 Å².